The standard InChI is InChI=1S/C19H28O3/c1-5-22-19(20)18-12-14(10-13(2)3)11-17(18)15-6-8-16(21-4)9-7-15/h6-9,13-14,17-18H,5,10-12H2,1-4H3/t14-,17-,18+/m0/s1. The van der Waals surface area contributed by atoms with Gasteiger partial charge in [0.1, 0.15) is 5.75 Å². The van der Waals surface area contributed by atoms with Crippen LogP contribution in [0.2, 0.25) is 0 Å². The summed E-state index contributed by atoms with van der Waals surface area (Å²) >= 11 is 0. The summed E-state index contributed by atoms with van der Waals surface area (Å²) in [5.74, 6) is 2.37. The molecule has 3 atom stereocenters. The van der Waals surface area contributed by atoms with Crippen molar-refractivity contribution in [1.82, 2.24) is 0 Å². The van der Waals surface area contributed by atoms with Crippen molar-refractivity contribution in [2.75, 3.05) is 13.7 Å². The normalized spacial score (nSPS) is 24.5. The second-order valence-electron chi connectivity index (χ2n) is 6.71. The SMILES string of the molecule is CCOC(=O)[C@@H]1C[C@@H](CC(C)C)C[C@H]1c1ccc(OC)cc1. The van der Waals surface area contributed by atoms with Crippen LogP contribution < -0.4 is 4.74 Å². The Morgan fingerprint density at radius 3 is 2.45 bits per heavy atom. The van der Waals surface area contributed by atoms with Crippen molar-refractivity contribution in [1.29, 1.82) is 0 Å². The lowest BCUT2D eigenvalue weighted by molar-refractivity contribution is -0.148. The highest BCUT2D eigenvalue weighted by molar-refractivity contribution is 5.74. The van der Waals surface area contributed by atoms with Gasteiger partial charge >= 0.3 is 5.97 Å². The summed E-state index contributed by atoms with van der Waals surface area (Å²) in [6, 6.07) is 8.14. The molecule has 0 aromatic heterocycles. The molecule has 0 radical (unpaired) electrons. The Balaban J connectivity index is 2.17. The maximum atomic E-state index is 12.3. The van der Waals surface area contributed by atoms with E-state index in [0.29, 0.717) is 18.4 Å². The van der Waals surface area contributed by atoms with E-state index in [2.05, 4.69) is 26.0 Å². The molecule has 1 aliphatic rings. The van der Waals surface area contributed by atoms with Crippen LogP contribution in [0.1, 0.15) is 51.5 Å². The fourth-order valence-corrected chi connectivity index (χ4v) is 3.73. The van der Waals surface area contributed by atoms with E-state index in [1.807, 2.05) is 19.1 Å². The second kappa shape index (κ2) is 7.66. The van der Waals surface area contributed by atoms with Crippen LogP contribution in [0.15, 0.2) is 24.3 Å². The van der Waals surface area contributed by atoms with Gasteiger partial charge in [0.25, 0.3) is 0 Å². The lowest BCUT2D eigenvalue weighted by atomic mass is 9.88. The first kappa shape index (κ1) is 16.9. The van der Waals surface area contributed by atoms with Crippen LogP contribution in [-0.2, 0) is 9.53 Å². The number of hydrogen-bond donors (Lipinski definition) is 0. The first-order valence-electron chi connectivity index (χ1n) is 8.35. The fourth-order valence-electron chi connectivity index (χ4n) is 3.73. The molecule has 1 aliphatic carbocycles. The Kier molecular flexibility index (Phi) is 5.87. The Morgan fingerprint density at radius 1 is 1.23 bits per heavy atom. The molecule has 0 saturated heterocycles. The minimum atomic E-state index is -0.0328. The van der Waals surface area contributed by atoms with Gasteiger partial charge in [0.05, 0.1) is 19.6 Å². The summed E-state index contributed by atoms with van der Waals surface area (Å²) in [4.78, 5) is 12.3. The van der Waals surface area contributed by atoms with E-state index in [4.69, 9.17) is 9.47 Å². The van der Waals surface area contributed by atoms with Crippen molar-refractivity contribution in [2.45, 2.75) is 46.0 Å². The molecule has 0 N–H and O–H groups in total. The Bertz CT molecular complexity index is 478. The summed E-state index contributed by atoms with van der Waals surface area (Å²) in [6.45, 7) is 6.83. The van der Waals surface area contributed by atoms with Crippen molar-refractivity contribution >= 4 is 5.97 Å². The van der Waals surface area contributed by atoms with E-state index in [1.54, 1.807) is 7.11 Å². The van der Waals surface area contributed by atoms with E-state index in [0.717, 1.165) is 18.6 Å². The first-order chi connectivity index (χ1) is 10.5. The number of carbonyl (C=O) groups is 1. The van der Waals surface area contributed by atoms with Crippen LogP contribution in [0.3, 0.4) is 0 Å². The fraction of sp³-hybridized carbons (Fsp3) is 0.632. The minimum absolute atomic E-state index is 0.00269. The van der Waals surface area contributed by atoms with Crippen LogP contribution in [-0.4, -0.2) is 19.7 Å². The van der Waals surface area contributed by atoms with Crippen molar-refractivity contribution < 1.29 is 14.3 Å². The number of ether oxygens (including phenoxy) is 2. The van der Waals surface area contributed by atoms with E-state index in [9.17, 15) is 4.79 Å². The smallest absolute Gasteiger partial charge is 0.309 e. The zero-order chi connectivity index (χ0) is 16.1. The largest absolute Gasteiger partial charge is 0.497 e. The highest BCUT2D eigenvalue weighted by Crippen LogP contribution is 2.46. The van der Waals surface area contributed by atoms with E-state index in [1.165, 1.54) is 12.0 Å². The number of methoxy groups -OCH3 is 1. The average molecular weight is 304 g/mol. The second-order valence-corrected chi connectivity index (χ2v) is 6.71. The van der Waals surface area contributed by atoms with Crippen molar-refractivity contribution in [3.05, 3.63) is 29.8 Å². The Hall–Kier alpha value is -1.51. The number of hydrogen-bond acceptors (Lipinski definition) is 3. The molecule has 2 rings (SSSR count). The summed E-state index contributed by atoms with van der Waals surface area (Å²) < 4.78 is 10.5. The molecule has 3 heteroatoms. The average Bonchev–Trinajstić information content (AvgIpc) is 2.90. The Morgan fingerprint density at radius 2 is 1.91 bits per heavy atom. The molecule has 1 aromatic rings. The van der Waals surface area contributed by atoms with Gasteiger partial charge in [-0.25, -0.2) is 0 Å². The summed E-state index contributed by atoms with van der Waals surface area (Å²) in [5.41, 5.74) is 1.23. The predicted octanol–water partition coefficient (Wildman–Crippen LogP) is 4.41. The predicted molar refractivity (Wildman–Crippen MR) is 88.0 cm³/mol. The quantitative estimate of drug-likeness (QED) is 0.730. The third-order valence-electron chi connectivity index (χ3n) is 4.60. The van der Waals surface area contributed by atoms with Gasteiger partial charge in [-0.15, -0.1) is 0 Å². The van der Waals surface area contributed by atoms with Gasteiger partial charge in [-0.05, 0) is 61.6 Å². The topological polar surface area (TPSA) is 35.5 Å². The summed E-state index contributed by atoms with van der Waals surface area (Å²) in [7, 11) is 1.67. The molecule has 1 fully saturated rings. The van der Waals surface area contributed by atoms with Gasteiger partial charge < -0.3 is 9.47 Å². The van der Waals surface area contributed by atoms with Gasteiger partial charge in [-0.1, -0.05) is 26.0 Å². The molecule has 0 spiro atoms. The zero-order valence-electron chi connectivity index (χ0n) is 14.2. The van der Waals surface area contributed by atoms with Gasteiger partial charge in [-0.3, -0.25) is 4.79 Å². The minimum Gasteiger partial charge on any atom is -0.497 e. The van der Waals surface area contributed by atoms with Crippen LogP contribution in [0, 0.1) is 17.8 Å². The number of esters is 1. The molecule has 1 saturated carbocycles. The van der Waals surface area contributed by atoms with Crippen molar-refractivity contribution in [3.63, 3.8) is 0 Å². The lowest BCUT2D eigenvalue weighted by Crippen LogP contribution is -2.20. The molecule has 122 valence electrons. The molecular weight excluding hydrogens is 276 g/mol. The third-order valence-corrected chi connectivity index (χ3v) is 4.60. The van der Waals surface area contributed by atoms with Crippen LogP contribution in [0.4, 0.5) is 0 Å². The number of carbonyl (C=O) groups excluding carboxylic acids is 1. The molecule has 0 heterocycles. The monoisotopic (exact) mass is 304 g/mol. The van der Waals surface area contributed by atoms with Gasteiger partial charge in [0, 0.05) is 0 Å². The van der Waals surface area contributed by atoms with E-state index in [-0.39, 0.29) is 17.8 Å². The van der Waals surface area contributed by atoms with Crippen LogP contribution >= 0.6 is 0 Å². The van der Waals surface area contributed by atoms with Gasteiger partial charge in [0.2, 0.25) is 0 Å². The Labute approximate surface area is 134 Å². The van der Waals surface area contributed by atoms with Crippen molar-refractivity contribution in [2.24, 2.45) is 17.8 Å². The molecule has 0 aliphatic heterocycles. The molecular formula is C19H28O3. The van der Waals surface area contributed by atoms with Gasteiger partial charge in [-0.2, -0.15) is 0 Å². The maximum Gasteiger partial charge on any atom is 0.309 e. The highest BCUT2D eigenvalue weighted by atomic mass is 16.5. The maximum absolute atomic E-state index is 12.3. The summed E-state index contributed by atoms with van der Waals surface area (Å²) in [5, 5.41) is 0. The van der Waals surface area contributed by atoms with E-state index < -0.39 is 0 Å². The zero-order valence-corrected chi connectivity index (χ0v) is 14.2. The van der Waals surface area contributed by atoms with Crippen LogP contribution in [0.5, 0.6) is 5.75 Å². The van der Waals surface area contributed by atoms with Gasteiger partial charge in [0.15, 0.2) is 0 Å². The number of rotatable bonds is 6. The molecule has 3 nitrogen and oxygen atoms in total. The summed E-state index contributed by atoms with van der Waals surface area (Å²) in [6.07, 6.45) is 3.21. The van der Waals surface area contributed by atoms with Crippen molar-refractivity contribution in [3.8, 4) is 5.75 Å². The molecule has 0 bridgehead atoms. The number of benzene rings is 1. The highest BCUT2D eigenvalue weighted by Gasteiger charge is 2.40. The van der Waals surface area contributed by atoms with E-state index >= 15 is 0 Å². The molecule has 22 heavy (non-hydrogen) atoms. The lowest BCUT2D eigenvalue weighted by Gasteiger charge is -2.18. The molecule has 0 unspecified atom stereocenters. The first-order valence-corrected chi connectivity index (χ1v) is 8.35. The molecule has 1 aromatic carbocycles. The molecule has 0 amide bonds. The third kappa shape index (κ3) is 4.02. The van der Waals surface area contributed by atoms with Crippen LogP contribution in [0.25, 0.3) is 0 Å².